The van der Waals surface area contributed by atoms with Crippen molar-refractivity contribution in [3.8, 4) is 6.07 Å². The molecule has 2 amide bonds. The molecule has 2 aliphatic heterocycles. The maximum atomic E-state index is 13.1. The average molecular weight is 422 g/mol. The first-order valence-corrected chi connectivity index (χ1v) is 11.1. The van der Waals surface area contributed by atoms with Crippen molar-refractivity contribution in [1.82, 2.24) is 9.88 Å². The zero-order valence-corrected chi connectivity index (χ0v) is 18.0. The summed E-state index contributed by atoms with van der Waals surface area (Å²) < 4.78 is 0. The minimum absolute atomic E-state index is 0.000861. The van der Waals surface area contributed by atoms with Gasteiger partial charge in [0.15, 0.2) is 0 Å². The molecule has 4 heterocycles. The van der Waals surface area contributed by atoms with Crippen LogP contribution in [0.5, 0.6) is 0 Å². The lowest BCUT2D eigenvalue weighted by molar-refractivity contribution is -0.119. The quantitative estimate of drug-likeness (QED) is 0.761. The smallest absolute Gasteiger partial charge is 0.257 e. The standard InChI is InChI=1S/C22H23N5O2S/c1-13-3-6-15(9-23)20(24-13)26-8-7-16-17(11-26)30-22-19(16)21(29)25(2)12-18(28)27(22)10-14-4-5-14/h3,6,14H,4-5,7-8,10-12H2,1-2H3. The van der Waals surface area contributed by atoms with Crippen LogP contribution in [0.2, 0.25) is 0 Å². The van der Waals surface area contributed by atoms with Crippen LogP contribution in [0.3, 0.4) is 0 Å². The summed E-state index contributed by atoms with van der Waals surface area (Å²) in [5, 5.41) is 10.3. The molecule has 0 bridgehead atoms. The van der Waals surface area contributed by atoms with Gasteiger partial charge in [-0.2, -0.15) is 5.26 Å². The molecule has 154 valence electrons. The van der Waals surface area contributed by atoms with Crippen LogP contribution in [0.1, 0.15) is 44.9 Å². The number of hydrogen-bond acceptors (Lipinski definition) is 6. The Balaban J connectivity index is 1.55. The Morgan fingerprint density at radius 1 is 1.27 bits per heavy atom. The van der Waals surface area contributed by atoms with Crippen LogP contribution in [0.15, 0.2) is 12.1 Å². The first-order valence-electron chi connectivity index (χ1n) is 10.3. The van der Waals surface area contributed by atoms with E-state index in [2.05, 4.69) is 16.0 Å². The van der Waals surface area contributed by atoms with E-state index in [1.807, 2.05) is 24.0 Å². The lowest BCUT2D eigenvalue weighted by atomic mass is 10.0. The molecule has 0 N–H and O–H groups in total. The van der Waals surface area contributed by atoms with Crippen LogP contribution in [-0.4, -0.2) is 48.4 Å². The van der Waals surface area contributed by atoms with Crippen LogP contribution >= 0.6 is 11.3 Å². The highest BCUT2D eigenvalue weighted by atomic mass is 32.1. The molecule has 2 aromatic rings. The van der Waals surface area contributed by atoms with Crippen molar-refractivity contribution in [1.29, 1.82) is 5.26 Å². The van der Waals surface area contributed by atoms with Crippen molar-refractivity contribution in [2.24, 2.45) is 5.92 Å². The van der Waals surface area contributed by atoms with Crippen molar-refractivity contribution < 1.29 is 9.59 Å². The normalized spacial score (nSPS) is 18.8. The minimum atomic E-state index is -0.0611. The van der Waals surface area contributed by atoms with E-state index in [0.29, 0.717) is 48.9 Å². The number of aryl methyl sites for hydroxylation is 1. The van der Waals surface area contributed by atoms with E-state index in [0.717, 1.165) is 34.0 Å². The third kappa shape index (κ3) is 3.14. The molecule has 7 nitrogen and oxygen atoms in total. The molecule has 1 saturated carbocycles. The Hall–Kier alpha value is -2.92. The van der Waals surface area contributed by atoms with E-state index in [9.17, 15) is 14.9 Å². The summed E-state index contributed by atoms with van der Waals surface area (Å²) in [7, 11) is 1.71. The molecule has 5 rings (SSSR count). The van der Waals surface area contributed by atoms with Gasteiger partial charge < -0.3 is 14.7 Å². The van der Waals surface area contributed by atoms with Crippen molar-refractivity contribution >= 4 is 34.0 Å². The monoisotopic (exact) mass is 421 g/mol. The lowest BCUT2D eigenvalue weighted by Crippen LogP contribution is -2.38. The number of fused-ring (bicyclic) bond motifs is 3. The highest BCUT2D eigenvalue weighted by molar-refractivity contribution is 7.17. The number of anilines is 2. The summed E-state index contributed by atoms with van der Waals surface area (Å²) in [6, 6.07) is 5.90. The number of pyridine rings is 1. The average Bonchev–Trinajstić information content (AvgIpc) is 3.49. The third-order valence-electron chi connectivity index (χ3n) is 6.09. The fourth-order valence-corrected chi connectivity index (χ4v) is 5.64. The van der Waals surface area contributed by atoms with Gasteiger partial charge in [0.1, 0.15) is 23.4 Å². The van der Waals surface area contributed by atoms with Gasteiger partial charge in [-0.3, -0.25) is 9.59 Å². The Morgan fingerprint density at radius 3 is 2.80 bits per heavy atom. The second kappa shape index (κ2) is 7.10. The molecule has 0 radical (unpaired) electrons. The van der Waals surface area contributed by atoms with Gasteiger partial charge in [-0.25, -0.2) is 4.98 Å². The molecule has 1 fully saturated rings. The molecule has 3 aliphatic rings. The number of nitriles is 1. The molecule has 1 aliphatic carbocycles. The summed E-state index contributed by atoms with van der Waals surface area (Å²) in [5.74, 6) is 1.18. The van der Waals surface area contributed by atoms with Crippen LogP contribution < -0.4 is 9.80 Å². The number of amides is 2. The van der Waals surface area contributed by atoms with Crippen molar-refractivity contribution in [3.05, 3.63) is 39.4 Å². The van der Waals surface area contributed by atoms with Crippen molar-refractivity contribution in [2.45, 2.75) is 32.7 Å². The molecule has 0 aromatic carbocycles. The van der Waals surface area contributed by atoms with E-state index in [1.54, 1.807) is 23.3 Å². The highest BCUT2D eigenvalue weighted by Crippen LogP contribution is 2.43. The number of carbonyl (C=O) groups is 2. The maximum Gasteiger partial charge on any atom is 0.257 e. The molecule has 0 saturated heterocycles. The van der Waals surface area contributed by atoms with Gasteiger partial charge in [0.2, 0.25) is 5.91 Å². The Labute approximate surface area is 179 Å². The van der Waals surface area contributed by atoms with Crippen molar-refractivity contribution in [3.63, 3.8) is 0 Å². The predicted molar refractivity (Wildman–Crippen MR) is 115 cm³/mol. The van der Waals surface area contributed by atoms with Crippen LogP contribution in [0.25, 0.3) is 0 Å². The maximum absolute atomic E-state index is 13.1. The predicted octanol–water partition coefficient (Wildman–Crippen LogP) is 2.71. The molecule has 0 atom stereocenters. The van der Waals surface area contributed by atoms with Gasteiger partial charge >= 0.3 is 0 Å². The number of carbonyl (C=O) groups excluding carboxylic acids is 2. The van der Waals surface area contributed by atoms with Crippen LogP contribution in [0.4, 0.5) is 10.8 Å². The number of aromatic nitrogens is 1. The van der Waals surface area contributed by atoms with E-state index >= 15 is 0 Å². The number of hydrogen-bond donors (Lipinski definition) is 0. The second-order valence-corrected chi connectivity index (χ2v) is 9.48. The molecule has 30 heavy (non-hydrogen) atoms. The lowest BCUT2D eigenvalue weighted by Gasteiger charge is -2.29. The van der Waals surface area contributed by atoms with E-state index in [1.165, 1.54) is 0 Å². The summed E-state index contributed by atoms with van der Waals surface area (Å²) in [5.41, 5.74) is 3.20. The fourth-order valence-electron chi connectivity index (χ4n) is 4.26. The Morgan fingerprint density at radius 2 is 2.07 bits per heavy atom. The van der Waals surface area contributed by atoms with E-state index in [-0.39, 0.29) is 18.4 Å². The number of thiophene rings is 1. The summed E-state index contributed by atoms with van der Waals surface area (Å²) in [6.07, 6.45) is 3.00. The Bertz CT molecular complexity index is 1100. The first kappa shape index (κ1) is 19.1. The number of rotatable bonds is 3. The van der Waals surface area contributed by atoms with E-state index in [4.69, 9.17) is 0 Å². The summed E-state index contributed by atoms with van der Waals surface area (Å²) in [6.45, 7) is 4.04. The molecule has 0 spiro atoms. The van der Waals surface area contributed by atoms with Gasteiger partial charge in [-0.05, 0) is 49.8 Å². The molecular formula is C22H23N5O2S. The molecule has 2 aromatic heterocycles. The van der Waals surface area contributed by atoms with Crippen molar-refractivity contribution in [2.75, 3.05) is 36.5 Å². The van der Waals surface area contributed by atoms with Crippen LogP contribution in [0, 0.1) is 24.2 Å². The topological polar surface area (TPSA) is 80.5 Å². The van der Waals surface area contributed by atoms with Gasteiger partial charge in [-0.1, -0.05) is 0 Å². The third-order valence-corrected chi connectivity index (χ3v) is 7.33. The van der Waals surface area contributed by atoms with Gasteiger partial charge in [-0.15, -0.1) is 11.3 Å². The van der Waals surface area contributed by atoms with Gasteiger partial charge in [0.05, 0.1) is 17.7 Å². The number of nitrogens with zero attached hydrogens (tertiary/aromatic N) is 5. The first-order chi connectivity index (χ1) is 14.5. The number of likely N-dealkylation sites (N-methyl/N-ethyl adjacent to an activating group) is 1. The highest BCUT2D eigenvalue weighted by Gasteiger charge is 2.39. The van der Waals surface area contributed by atoms with Gasteiger partial charge in [0, 0.05) is 30.7 Å². The SMILES string of the molecule is Cc1ccc(C#N)c(N2CCc3c(sc4c3C(=O)N(C)CC(=O)N4CC3CC3)C2)n1. The zero-order valence-electron chi connectivity index (χ0n) is 17.1. The van der Waals surface area contributed by atoms with Crippen LogP contribution in [-0.2, 0) is 17.8 Å². The summed E-state index contributed by atoms with van der Waals surface area (Å²) in [4.78, 5) is 37.3. The van der Waals surface area contributed by atoms with Gasteiger partial charge in [0.25, 0.3) is 5.91 Å². The largest absolute Gasteiger partial charge is 0.350 e. The van der Waals surface area contributed by atoms with E-state index < -0.39 is 0 Å². The Kier molecular flexibility index (Phi) is 4.51. The fraction of sp³-hybridized carbons (Fsp3) is 0.455. The zero-order chi connectivity index (χ0) is 21.0. The summed E-state index contributed by atoms with van der Waals surface area (Å²) >= 11 is 1.56. The minimum Gasteiger partial charge on any atom is -0.350 e. The molecule has 8 heteroatoms. The molecular weight excluding hydrogens is 398 g/mol. The second-order valence-electron chi connectivity index (χ2n) is 8.40. The molecule has 0 unspecified atom stereocenters.